The number of carbonyl (C=O) groups is 1. The van der Waals surface area contributed by atoms with E-state index in [2.05, 4.69) is 0 Å². The highest BCUT2D eigenvalue weighted by Gasteiger charge is 1.83. The molecule has 0 fully saturated rings. The van der Waals surface area contributed by atoms with Gasteiger partial charge < -0.3 is 10.2 Å². The van der Waals surface area contributed by atoms with Crippen LogP contribution in [-0.4, -0.2) is 28.5 Å². The van der Waals surface area contributed by atoms with Gasteiger partial charge in [0.25, 0.3) is 0 Å². The van der Waals surface area contributed by atoms with Crippen LogP contribution in [0.5, 0.6) is 0 Å². The molecule has 0 aliphatic carbocycles. The lowest BCUT2D eigenvalue weighted by atomic mass is 10.7. The van der Waals surface area contributed by atoms with Gasteiger partial charge in [0.05, 0.1) is 6.61 Å². The van der Waals surface area contributed by atoms with Crippen LogP contribution in [-0.2, 0) is 4.79 Å². The average Bonchev–Trinajstić information content (AvgIpc) is 1.80. The van der Waals surface area contributed by atoms with Crippen LogP contribution in [0.15, 0.2) is 11.5 Å². The SMILES string of the molecule is O=C(O)/C=C\SCCO. The molecule has 0 rings (SSSR count). The van der Waals surface area contributed by atoms with Crippen molar-refractivity contribution < 1.29 is 15.0 Å². The van der Waals surface area contributed by atoms with E-state index < -0.39 is 5.97 Å². The van der Waals surface area contributed by atoms with Gasteiger partial charge in [-0.25, -0.2) is 4.79 Å². The number of aliphatic hydroxyl groups is 1. The van der Waals surface area contributed by atoms with Gasteiger partial charge in [-0.2, -0.15) is 0 Å². The predicted octanol–water partition coefficient (Wildman–Crippen LogP) is 0.310. The zero-order valence-corrected chi connectivity index (χ0v) is 5.60. The summed E-state index contributed by atoms with van der Waals surface area (Å²) in [4.78, 5) is 9.80. The number of carboxylic acids is 1. The predicted molar refractivity (Wildman–Crippen MR) is 36.3 cm³/mol. The monoisotopic (exact) mass is 148 g/mol. The van der Waals surface area contributed by atoms with Crippen LogP contribution < -0.4 is 0 Å². The third-order valence-corrected chi connectivity index (χ3v) is 1.26. The summed E-state index contributed by atoms with van der Waals surface area (Å²) in [5, 5.41) is 17.7. The molecule has 52 valence electrons. The van der Waals surface area contributed by atoms with E-state index in [-0.39, 0.29) is 6.61 Å². The van der Waals surface area contributed by atoms with Gasteiger partial charge in [0.15, 0.2) is 0 Å². The minimum absolute atomic E-state index is 0.0780. The smallest absolute Gasteiger partial charge is 0.328 e. The Bertz CT molecular complexity index is 111. The average molecular weight is 148 g/mol. The maximum Gasteiger partial charge on any atom is 0.328 e. The molecule has 0 aliphatic heterocycles. The number of aliphatic hydroxyl groups excluding tert-OH is 1. The first-order chi connectivity index (χ1) is 4.27. The molecule has 0 aromatic heterocycles. The summed E-state index contributed by atoms with van der Waals surface area (Å²) in [7, 11) is 0. The Morgan fingerprint density at radius 1 is 1.67 bits per heavy atom. The molecule has 0 aliphatic rings. The van der Waals surface area contributed by atoms with Crippen molar-refractivity contribution in [2.24, 2.45) is 0 Å². The van der Waals surface area contributed by atoms with Crippen LogP contribution in [0.25, 0.3) is 0 Å². The summed E-state index contributed by atoms with van der Waals surface area (Å²) in [5.41, 5.74) is 0. The highest BCUT2D eigenvalue weighted by molar-refractivity contribution is 8.02. The second-order valence-corrected chi connectivity index (χ2v) is 2.25. The quantitative estimate of drug-likeness (QED) is 0.445. The van der Waals surface area contributed by atoms with Gasteiger partial charge in [-0.15, -0.1) is 11.8 Å². The lowest BCUT2D eigenvalue weighted by Crippen LogP contribution is -1.86. The first-order valence-corrected chi connectivity index (χ1v) is 3.44. The molecular formula is C5H8O3S. The molecule has 0 aromatic carbocycles. The Morgan fingerprint density at radius 2 is 2.33 bits per heavy atom. The van der Waals surface area contributed by atoms with Gasteiger partial charge in [0.1, 0.15) is 0 Å². The van der Waals surface area contributed by atoms with Crippen molar-refractivity contribution in [3.8, 4) is 0 Å². The van der Waals surface area contributed by atoms with Gasteiger partial charge >= 0.3 is 5.97 Å². The molecule has 0 aromatic rings. The molecule has 2 N–H and O–H groups in total. The molecule has 0 bridgehead atoms. The van der Waals surface area contributed by atoms with Crippen molar-refractivity contribution in [2.75, 3.05) is 12.4 Å². The summed E-state index contributed by atoms with van der Waals surface area (Å²) in [5.74, 6) is -0.413. The number of rotatable bonds is 4. The summed E-state index contributed by atoms with van der Waals surface area (Å²) < 4.78 is 0. The van der Waals surface area contributed by atoms with E-state index in [1.54, 1.807) is 0 Å². The summed E-state index contributed by atoms with van der Waals surface area (Å²) in [6, 6.07) is 0. The molecule has 9 heavy (non-hydrogen) atoms. The van der Waals surface area contributed by atoms with E-state index in [0.29, 0.717) is 5.75 Å². The topological polar surface area (TPSA) is 57.5 Å². The molecule has 3 nitrogen and oxygen atoms in total. The molecule has 0 saturated heterocycles. The van der Waals surface area contributed by atoms with Crippen molar-refractivity contribution in [3.63, 3.8) is 0 Å². The minimum Gasteiger partial charge on any atom is -0.478 e. The molecule has 0 amide bonds. The Morgan fingerprint density at radius 3 is 2.78 bits per heavy atom. The molecule has 0 atom stereocenters. The van der Waals surface area contributed by atoms with Gasteiger partial charge in [-0.05, 0) is 5.41 Å². The molecule has 0 unspecified atom stereocenters. The van der Waals surface area contributed by atoms with Gasteiger partial charge in [-0.1, -0.05) is 0 Å². The number of thioether (sulfide) groups is 1. The maximum atomic E-state index is 9.80. The van der Waals surface area contributed by atoms with Gasteiger partial charge in [0, 0.05) is 11.8 Å². The fraction of sp³-hybridized carbons (Fsp3) is 0.400. The van der Waals surface area contributed by atoms with E-state index in [9.17, 15) is 4.79 Å². The van der Waals surface area contributed by atoms with Crippen LogP contribution in [0.4, 0.5) is 0 Å². The maximum absolute atomic E-state index is 9.80. The van der Waals surface area contributed by atoms with Crippen molar-refractivity contribution >= 4 is 17.7 Å². The summed E-state index contributed by atoms with van der Waals surface area (Å²) in [6.45, 7) is 0.0780. The van der Waals surface area contributed by atoms with Crippen molar-refractivity contribution in [1.29, 1.82) is 0 Å². The molecule has 0 heterocycles. The van der Waals surface area contributed by atoms with Gasteiger partial charge in [-0.3, -0.25) is 0 Å². The molecule has 0 radical (unpaired) electrons. The van der Waals surface area contributed by atoms with E-state index in [1.165, 1.54) is 17.2 Å². The zero-order valence-electron chi connectivity index (χ0n) is 4.78. The Hall–Kier alpha value is -0.480. The van der Waals surface area contributed by atoms with E-state index in [0.717, 1.165) is 6.08 Å². The van der Waals surface area contributed by atoms with E-state index in [4.69, 9.17) is 10.2 Å². The fourth-order valence-corrected chi connectivity index (χ4v) is 0.681. The molecule has 0 saturated carbocycles. The first kappa shape index (κ1) is 8.52. The number of carboxylic acid groups (broad SMARTS) is 1. The highest BCUT2D eigenvalue weighted by Crippen LogP contribution is 1.98. The number of hydrogen-bond acceptors (Lipinski definition) is 3. The minimum atomic E-state index is -0.958. The van der Waals surface area contributed by atoms with Crippen LogP contribution in [0.3, 0.4) is 0 Å². The zero-order chi connectivity index (χ0) is 7.11. The van der Waals surface area contributed by atoms with Crippen LogP contribution in [0.1, 0.15) is 0 Å². The molecule has 4 heteroatoms. The largest absolute Gasteiger partial charge is 0.478 e. The lowest BCUT2D eigenvalue weighted by molar-refractivity contribution is -0.131. The second kappa shape index (κ2) is 5.65. The van der Waals surface area contributed by atoms with Crippen molar-refractivity contribution in [1.82, 2.24) is 0 Å². The van der Waals surface area contributed by atoms with Crippen molar-refractivity contribution in [2.45, 2.75) is 0 Å². The first-order valence-electron chi connectivity index (χ1n) is 2.39. The summed E-state index contributed by atoms with van der Waals surface area (Å²) in [6.07, 6.45) is 1.04. The van der Waals surface area contributed by atoms with Crippen LogP contribution in [0, 0.1) is 0 Å². The standard InChI is InChI=1S/C5H8O3S/c6-2-4-9-3-1-5(7)8/h1,3,6H,2,4H2,(H,7,8)/b3-1-. The van der Waals surface area contributed by atoms with E-state index >= 15 is 0 Å². The Labute approximate surface area is 57.4 Å². The molecule has 0 spiro atoms. The van der Waals surface area contributed by atoms with Gasteiger partial charge in [0.2, 0.25) is 0 Å². The van der Waals surface area contributed by atoms with E-state index in [1.807, 2.05) is 0 Å². The fourth-order valence-electron chi connectivity index (χ4n) is 0.227. The second-order valence-electron chi connectivity index (χ2n) is 1.24. The third-order valence-electron chi connectivity index (χ3n) is 0.516. The number of aliphatic carboxylic acids is 1. The third kappa shape index (κ3) is 7.52. The van der Waals surface area contributed by atoms with Crippen LogP contribution >= 0.6 is 11.8 Å². The molecular weight excluding hydrogens is 140 g/mol. The Balaban J connectivity index is 3.15. The lowest BCUT2D eigenvalue weighted by Gasteiger charge is -1.85. The number of hydrogen-bond donors (Lipinski definition) is 2. The highest BCUT2D eigenvalue weighted by atomic mass is 32.2. The summed E-state index contributed by atoms with van der Waals surface area (Å²) >= 11 is 1.27. The normalized spacial score (nSPS) is 10.3. The Kier molecular flexibility index (Phi) is 5.35. The van der Waals surface area contributed by atoms with Crippen LogP contribution in [0.2, 0.25) is 0 Å². The van der Waals surface area contributed by atoms with Crippen molar-refractivity contribution in [3.05, 3.63) is 11.5 Å².